The molecule has 0 aromatic heterocycles. The Morgan fingerprint density at radius 2 is 2.07 bits per heavy atom. The molecule has 0 bridgehead atoms. The van der Waals surface area contributed by atoms with Gasteiger partial charge < -0.3 is 9.84 Å². The van der Waals surface area contributed by atoms with Gasteiger partial charge in [0, 0.05) is 0 Å². The Morgan fingerprint density at radius 3 is 2.36 bits per heavy atom. The zero-order chi connectivity index (χ0) is 11.4. The number of carbonyl (C=O) groups is 1. The molecule has 0 aliphatic rings. The SMILES string of the molecule is CCC(C(=O)OC)C(C)(O)C=C(C)C. The Morgan fingerprint density at radius 1 is 1.57 bits per heavy atom. The molecule has 0 aromatic carbocycles. The first-order valence-electron chi connectivity index (χ1n) is 4.81. The zero-order valence-electron chi connectivity index (χ0n) is 9.63. The van der Waals surface area contributed by atoms with Crippen LogP contribution in [0.1, 0.15) is 34.1 Å². The monoisotopic (exact) mass is 200 g/mol. The number of ether oxygens (including phenoxy) is 1. The van der Waals surface area contributed by atoms with E-state index in [1.165, 1.54) is 7.11 Å². The first-order chi connectivity index (χ1) is 6.35. The number of aliphatic hydroxyl groups is 1. The quantitative estimate of drug-likeness (QED) is 0.557. The van der Waals surface area contributed by atoms with Gasteiger partial charge in [0.1, 0.15) is 0 Å². The van der Waals surface area contributed by atoms with E-state index in [0.29, 0.717) is 6.42 Å². The van der Waals surface area contributed by atoms with E-state index < -0.39 is 11.5 Å². The molecule has 0 aliphatic heterocycles. The number of rotatable bonds is 4. The predicted octanol–water partition coefficient (Wildman–Crippen LogP) is 1.90. The fourth-order valence-corrected chi connectivity index (χ4v) is 1.65. The van der Waals surface area contributed by atoms with Gasteiger partial charge in [0.2, 0.25) is 0 Å². The Bertz CT molecular complexity index is 225. The van der Waals surface area contributed by atoms with Crippen LogP contribution in [0.15, 0.2) is 11.6 Å². The summed E-state index contributed by atoms with van der Waals surface area (Å²) in [4.78, 5) is 11.4. The van der Waals surface area contributed by atoms with Crippen molar-refractivity contribution >= 4 is 5.97 Å². The van der Waals surface area contributed by atoms with Crippen molar-refractivity contribution in [1.82, 2.24) is 0 Å². The topological polar surface area (TPSA) is 46.5 Å². The summed E-state index contributed by atoms with van der Waals surface area (Å²) in [6.07, 6.45) is 2.25. The molecule has 3 nitrogen and oxygen atoms in total. The minimum atomic E-state index is -1.12. The number of hydrogen-bond donors (Lipinski definition) is 1. The molecule has 0 aliphatic carbocycles. The van der Waals surface area contributed by atoms with E-state index in [4.69, 9.17) is 0 Å². The van der Waals surface area contributed by atoms with Crippen LogP contribution in [0, 0.1) is 5.92 Å². The van der Waals surface area contributed by atoms with E-state index in [-0.39, 0.29) is 5.97 Å². The van der Waals surface area contributed by atoms with Crippen molar-refractivity contribution in [1.29, 1.82) is 0 Å². The van der Waals surface area contributed by atoms with Gasteiger partial charge in [-0.05, 0) is 27.2 Å². The lowest BCUT2D eigenvalue weighted by Crippen LogP contribution is -2.38. The third-order valence-electron chi connectivity index (χ3n) is 2.18. The third-order valence-corrected chi connectivity index (χ3v) is 2.18. The summed E-state index contributed by atoms with van der Waals surface area (Å²) in [6.45, 7) is 7.26. The largest absolute Gasteiger partial charge is 0.469 e. The van der Waals surface area contributed by atoms with Gasteiger partial charge in [-0.2, -0.15) is 0 Å². The standard InChI is InChI=1S/C11H20O3/c1-6-9(10(12)14-5)11(4,13)7-8(2)3/h7,9,13H,6H2,1-5H3. The Labute approximate surface area is 85.8 Å². The molecule has 0 fully saturated rings. The van der Waals surface area contributed by atoms with Gasteiger partial charge >= 0.3 is 5.97 Å². The summed E-state index contributed by atoms with van der Waals surface area (Å²) in [7, 11) is 1.34. The minimum Gasteiger partial charge on any atom is -0.469 e. The van der Waals surface area contributed by atoms with Crippen LogP contribution in [-0.4, -0.2) is 23.8 Å². The van der Waals surface area contributed by atoms with Gasteiger partial charge in [0.05, 0.1) is 18.6 Å². The molecule has 2 unspecified atom stereocenters. The van der Waals surface area contributed by atoms with Gasteiger partial charge in [-0.3, -0.25) is 4.79 Å². The maximum absolute atomic E-state index is 11.4. The van der Waals surface area contributed by atoms with Crippen LogP contribution in [0.3, 0.4) is 0 Å². The molecule has 14 heavy (non-hydrogen) atoms. The summed E-state index contributed by atoms with van der Waals surface area (Å²) in [5.41, 5.74) is -0.141. The summed E-state index contributed by atoms with van der Waals surface area (Å²) in [5, 5.41) is 10.1. The zero-order valence-corrected chi connectivity index (χ0v) is 9.63. The van der Waals surface area contributed by atoms with Gasteiger partial charge in [-0.25, -0.2) is 0 Å². The van der Waals surface area contributed by atoms with Gasteiger partial charge in [0.25, 0.3) is 0 Å². The number of esters is 1. The van der Waals surface area contributed by atoms with Crippen molar-refractivity contribution < 1.29 is 14.6 Å². The van der Waals surface area contributed by atoms with Crippen LogP contribution in [0.25, 0.3) is 0 Å². The van der Waals surface area contributed by atoms with E-state index in [1.807, 2.05) is 20.8 Å². The number of allylic oxidation sites excluding steroid dienone is 1. The second-order valence-electron chi connectivity index (χ2n) is 3.93. The number of methoxy groups -OCH3 is 1. The fraction of sp³-hybridized carbons (Fsp3) is 0.727. The van der Waals surface area contributed by atoms with E-state index in [9.17, 15) is 9.90 Å². The molecule has 0 amide bonds. The lowest BCUT2D eigenvalue weighted by Gasteiger charge is -2.27. The number of carbonyl (C=O) groups excluding carboxylic acids is 1. The van der Waals surface area contributed by atoms with Crippen molar-refractivity contribution in [2.45, 2.75) is 39.7 Å². The maximum Gasteiger partial charge on any atom is 0.311 e. The van der Waals surface area contributed by atoms with Crippen molar-refractivity contribution in [2.24, 2.45) is 5.92 Å². The second-order valence-corrected chi connectivity index (χ2v) is 3.93. The van der Waals surface area contributed by atoms with Crippen molar-refractivity contribution in [3.05, 3.63) is 11.6 Å². The lowest BCUT2D eigenvalue weighted by molar-refractivity contribution is -0.152. The molecular formula is C11H20O3. The summed E-state index contributed by atoms with van der Waals surface area (Å²) < 4.78 is 4.64. The molecule has 1 N–H and O–H groups in total. The highest BCUT2D eigenvalue weighted by molar-refractivity contribution is 5.74. The van der Waals surface area contributed by atoms with Crippen LogP contribution >= 0.6 is 0 Å². The molecule has 3 heteroatoms. The highest BCUT2D eigenvalue weighted by atomic mass is 16.5. The summed E-state index contributed by atoms with van der Waals surface area (Å²) >= 11 is 0. The summed E-state index contributed by atoms with van der Waals surface area (Å²) in [6, 6.07) is 0. The molecule has 0 radical (unpaired) electrons. The van der Waals surface area contributed by atoms with Crippen LogP contribution in [0.4, 0.5) is 0 Å². The highest BCUT2D eigenvalue weighted by Crippen LogP contribution is 2.24. The highest BCUT2D eigenvalue weighted by Gasteiger charge is 2.34. The average Bonchev–Trinajstić information content (AvgIpc) is 2.02. The third kappa shape index (κ3) is 3.50. The van der Waals surface area contributed by atoms with Crippen LogP contribution in [-0.2, 0) is 9.53 Å². The molecule has 0 spiro atoms. The molecule has 2 atom stereocenters. The molecule has 0 saturated heterocycles. The smallest absolute Gasteiger partial charge is 0.311 e. The second kappa shape index (κ2) is 5.15. The predicted molar refractivity (Wildman–Crippen MR) is 55.9 cm³/mol. The van der Waals surface area contributed by atoms with E-state index >= 15 is 0 Å². The minimum absolute atomic E-state index is 0.366. The lowest BCUT2D eigenvalue weighted by atomic mass is 9.85. The molecular weight excluding hydrogens is 180 g/mol. The Balaban J connectivity index is 4.83. The van der Waals surface area contributed by atoms with Crippen LogP contribution in [0.2, 0.25) is 0 Å². The normalized spacial score (nSPS) is 16.7. The van der Waals surface area contributed by atoms with Gasteiger partial charge in [0.15, 0.2) is 0 Å². The molecule has 0 rings (SSSR count). The molecule has 0 saturated carbocycles. The first-order valence-corrected chi connectivity index (χ1v) is 4.81. The van der Waals surface area contributed by atoms with Crippen LogP contribution < -0.4 is 0 Å². The van der Waals surface area contributed by atoms with E-state index in [2.05, 4.69) is 4.74 Å². The van der Waals surface area contributed by atoms with E-state index in [0.717, 1.165) is 5.57 Å². The molecule has 0 aromatic rings. The number of hydrogen-bond acceptors (Lipinski definition) is 3. The van der Waals surface area contributed by atoms with Crippen LogP contribution in [0.5, 0.6) is 0 Å². The first kappa shape index (κ1) is 13.2. The van der Waals surface area contributed by atoms with E-state index in [1.54, 1.807) is 13.0 Å². The Hall–Kier alpha value is -0.830. The van der Waals surface area contributed by atoms with Crippen molar-refractivity contribution in [2.75, 3.05) is 7.11 Å². The molecule has 82 valence electrons. The fourth-order valence-electron chi connectivity index (χ4n) is 1.65. The Kier molecular flexibility index (Phi) is 4.85. The summed E-state index contributed by atoms with van der Waals surface area (Å²) in [5.74, 6) is -0.864. The van der Waals surface area contributed by atoms with Crippen molar-refractivity contribution in [3.63, 3.8) is 0 Å². The van der Waals surface area contributed by atoms with Crippen molar-refractivity contribution in [3.8, 4) is 0 Å². The van der Waals surface area contributed by atoms with Gasteiger partial charge in [-0.15, -0.1) is 0 Å². The maximum atomic E-state index is 11.4. The van der Waals surface area contributed by atoms with Gasteiger partial charge in [-0.1, -0.05) is 18.6 Å². The average molecular weight is 200 g/mol. The molecule has 0 heterocycles.